The Balaban J connectivity index is 3.10. The second-order valence-corrected chi connectivity index (χ2v) is 3.16. The van der Waals surface area contributed by atoms with Crippen molar-refractivity contribution in [2.75, 3.05) is 0 Å². The maximum Gasteiger partial charge on any atom is 0.248 e. The first-order valence-electron chi connectivity index (χ1n) is 3.29. The Morgan fingerprint density at radius 1 is 1.58 bits per heavy atom. The molecule has 1 aromatic carbocycles. The molecule has 0 unspecified atom stereocenters. The van der Waals surface area contributed by atoms with Crippen LogP contribution < -0.4 is 5.73 Å². The van der Waals surface area contributed by atoms with Crippen LogP contribution in [0.4, 0.5) is 4.39 Å². The van der Waals surface area contributed by atoms with Gasteiger partial charge in [0.15, 0.2) is 0 Å². The highest BCUT2D eigenvalue weighted by Crippen LogP contribution is 2.19. The molecule has 2 nitrogen and oxygen atoms in total. The first-order valence-corrected chi connectivity index (χ1v) is 4.08. The van der Waals surface area contributed by atoms with Crippen LogP contribution in [-0.4, -0.2) is 5.91 Å². The first kappa shape index (κ1) is 9.19. The zero-order chi connectivity index (χ0) is 9.14. The Kier molecular flexibility index (Phi) is 2.81. The third-order valence-electron chi connectivity index (χ3n) is 1.48. The lowest BCUT2D eigenvalue weighted by Crippen LogP contribution is -2.10. The van der Waals surface area contributed by atoms with Gasteiger partial charge in [0.1, 0.15) is 6.67 Å². The topological polar surface area (TPSA) is 43.1 Å². The summed E-state index contributed by atoms with van der Waals surface area (Å²) in [4.78, 5) is 10.7. The van der Waals surface area contributed by atoms with Gasteiger partial charge >= 0.3 is 0 Å². The van der Waals surface area contributed by atoms with E-state index in [1.54, 1.807) is 0 Å². The van der Waals surface area contributed by atoms with Crippen molar-refractivity contribution in [1.82, 2.24) is 0 Å². The minimum atomic E-state index is -0.556. The number of carbonyl (C=O) groups excluding carboxylic acids is 1. The number of alkyl halides is 1. The molecule has 2 N–H and O–H groups in total. The van der Waals surface area contributed by atoms with Gasteiger partial charge in [0, 0.05) is 10.0 Å². The van der Waals surface area contributed by atoms with Crippen molar-refractivity contribution < 1.29 is 9.18 Å². The van der Waals surface area contributed by atoms with E-state index in [4.69, 9.17) is 5.73 Å². The number of primary amides is 1. The number of nitrogens with two attached hydrogens (primary N) is 1. The lowest BCUT2D eigenvalue weighted by molar-refractivity contribution is 0.1000. The van der Waals surface area contributed by atoms with Gasteiger partial charge in [-0.1, -0.05) is 22.0 Å². The maximum atomic E-state index is 12.2. The Hall–Kier alpha value is -0.900. The van der Waals surface area contributed by atoms with E-state index in [0.29, 0.717) is 15.6 Å². The summed E-state index contributed by atoms with van der Waals surface area (Å²) < 4.78 is 12.7. The standard InChI is InChI=1S/C8H7BrFNO/c9-7-3-5(8(11)12)1-2-6(7)4-10/h1-3H,4H2,(H2,11,12). The molecule has 0 heterocycles. The fraction of sp³-hybridized carbons (Fsp3) is 0.125. The maximum absolute atomic E-state index is 12.2. The quantitative estimate of drug-likeness (QED) is 0.832. The van der Waals surface area contributed by atoms with Crippen molar-refractivity contribution in [3.63, 3.8) is 0 Å². The van der Waals surface area contributed by atoms with E-state index in [1.165, 1.54) is 18.2 Å². The van der Waals surface area contributed by atoms with Gasteiger partial charge in [-0.15, -0.1) is 0 Å². The van der Waals surface area contributed by atoms with Crippen LogP contribution in [0.2, 0.25) is 0 Å². The molecule has 0 radical (unpaired) electrons. The van der Waals surface area contributed by atoms with Crippen molar-refractivity contribution >= 4 is 21.8 Å². The molecule has 0 fully saturated rings. The van der Waals surface area contributed by atoms with Gasteiger partial charge in [-0.05, 0) is 17.7 Å². The molecule has 0 aliphatic carbocycles. The molecular weight excluding hydrogens is 225 g/mol. The predicted molar refractivity (Wildman–Crippen MR) is 47.5 cm³/mol. The molecular formula is C8H7BrFNO. The van der Waals surface area contributed by atoms with Gasteiger partial charge in [0.2, 0.25) is 5.91 Å². The van der Waals surface area contributed by atoms with E-state index in [1.807, 2.05) is 0 Å². The molecule has 1 amide bonds. The fourth-order valence-corrected chi connectivity index (χ4v) is 1.29. The first-order chi connectivity index (χ1) is 5.65. The third-order valence-corrected chi connectivity index (χ3v) is 2.22. The second-order valence-electron chi connectivity index (χ2n) is 2.30. The molecule has 0 saturated heterocycles. The van der Waals surface area contributed by atoms with E-state index in [-0.39, 0.29) is 0 Å². The third kappa shape index (κ3) is 1.82. The van der Waals surface area contributed by atoms with E-state index in [0.717, 1.165) is 0 Å². The second kappa shape index (κ2) is 3.67. The number of hydrogen-bond donors (Lipinski definition) is 1. The van der Waals surface area contributed by atoms with E-state index in [2.05, 4.69) is 15.9 Å². The van der Waals surface area contributed by atoms with Crippen LogP contribution in [0, 0.1) is 0 Å². The summed E-state index contributed by atoms with van der Waals surface area (Å²) in [6.45, 7) is -0.556. The lowest BCUT2D eigenvalue weighted by Gasteiger charge is -2.00. The van der Waals surface area contributed by atoms with Crippen molar-refractivity contribution in [2.45, 2.75) is 6.67 Å². The minimum Gasteiger partial charge on any atom is -0.366 e. The smallest absolute Gasteiger partial charge is 0.248 e. The van der Waals surface area contributed by atoms with Crippen LogP contribution in [0.1, 0.15) is 15.9 Å². The Labute approximate surface area is 77.7 Å². The summed E-state index contributed by atoms with van der Waals surface area (Å²) >= 11 is 3.13. The van der Waals surface area contributed by atoms with Crippen LogP contribution in [0.25, 0.3) is 0 Å². The number of hydrogen-bond acceptors (Lipinski definition) is 1. The number of rotatable bonds is 2. The Morgan fingerprint density at radius 2 is 2.25 bits per heavy atom. The van der Waals surface area contributed by atoms with Gasteiger partial charge in [0.25, 0.3) is 0 Å². The molecule has 1 aromatic rings. The zero-order valence-electron chi connectivity index (χ0n) is 6.18. The lowest BCUT2D eigenvalue weighted by atomic mass is 10.1. The molecule has 64 valence electrons. The Morgan fingerprint density at radius 3 is 2.67 bits per heavy atom. The molecule has 4 heteroatoms. The predicted octanol–water partition coefficient (Wildman–Crippen LogP) is 2.02. The van der Waals surface area contributed by atoms with Crippen molar-refractivity contribution in [3.05, 3.63) is 33.8 Å². The summed E-state index contributed by atoms with van der Waals surface area (Å²) in [7, 11) is 0. The van der Waals surface area contributed by atoms with Crippen LogP contribution in [0.3, 0.4) is 0 Å². The number of amides is 1. The average Bonchev–Trinajstić information content (AvgIpc) is 2.04. The van der Waals surface area contributed by atoms with Crippen molar-refractivity contribution in [3.8, 4) is 0 Å². The monoisotopic (exact) mass is 231 g/mol. The molecule has 0 bridgehead atoms. The van der Waals surface area contributed by atoms with E-state index < -0.39 is 12.6 Å². The molecule has 0 spiro atoms. The van der Waals surface area contributed by atoms with Gasteiger partial charge < -0.3 is 5.73 Å². The van der Waals surface area contributed by atoms with Crippen molar-refractivity contribution in [2.24, 2.45) is 5.73 Å². The van der Waals surface area contributed by atoms with Crippen LogP contribution in [0.5, 0.6) is 0 Å². The highest BCUT2D eigenvalue weighted by Gasteiger charge is 2.04. The number of halogens is 2. The molecule has 0 aliphatic heterocycles. The molecule has 0 atom stereocenters. The van der Waals surface area contributed by atoms with Gasteiger partial charge in [0.05, 0.1) is 0 Å². The SMILES string of the molecule is NC(=O)c1ccc(CF)c(Br)c1. The number of carbonyl (C=O) groups is 1. The normalized spacial score (nSPS) is 9.83. The van der Waals surface area contributed by atoms with Gasteiger partial charge in [-0.2, -0.15) is 0 Å². The minimum absolute atomic E-state index is 0.374. The van der Waals surface area contributed by atoms with Gasteiger partial charge in [-0.3, -0.25) is 4.79 Å². The number of benzene rings is 1. The molecule has 12 heavy (non-hydrogen) atoms. The summed E-state index contributed by atoms with van der Waals surface area (Å²) in [5, 5.41) is 0. The summed E-state index contributed by atoms with van der Waals surface area (Å²) in [6, 6.07) is 4.55. The zero-order valence-corrected chi connectivity index (χ0v) is 7.77. The molecule has 0 saturated carbocycles. The average molecular weight is 232 g/mol. The van der Waals surface area contributed by atoms with Crippen LogP contribution in [0.15, 0.2) is 22.7 Å². The highest BCUT2D eigenvalue weighted by molar-refractivity contribution is 9.10. The summed E-state index contributed by atoms with van der Waals surface area (Å²) in [5.74, 6) is -0.513. The largest absolute Gasteiger partial charge is 0.366 e. The Bertz CT molecular complexity index is 314. The molecule has 0 aliphatic rings. The highest BCUT2D eigenvalue weighted by atomic mass is 79.9. The van der Waals surface area contributed by atoms with Gasteiger partial charge in [-0.25, -0.2) is 4.39 Å². The summed E-state index contributed by atoms with van der Waals surface area (Å²) in [6.07, 6.45) is 0. The van der Waals surface area contributed by atoms with E-state index in [9.17, 15) is 9.18 Å². The fourth-order valence-electron chi connectivity index (χ4n) is 0.809. The van der Waals surface area contributed by atoms with E-state index >= 15 is 0 Å². The molecule has 1 rings (SSSR count). The molecule has 0 aromatic heterocycles. The van der Waals surface area contributed by atoms with Crippen LogP contribution in [-0.2, 0) is 6.67 Å². The summed E-state index contributed by atoms with van der Waals surface area (Å²) in [5.41, 5.74) is 5.91. The van der Waals surface area contributed by atoms with Crippen molar-refractivity contribution in [1.29, 1.82) is 0 Å². The van der Waals surface area contributed by atoms with Crippen LogP contribution >= 0.6 is 15.9 Å².